The number of pyridine rings is 1. The van der Waals surface area contributed by atoms with Crippen LogP contribution in [0.15, 0.2) is 54.4 Å². The molecule has 2 bridgehead atoms. The fourth-order valence-corrected chi connectivity index (χ4v) is 6.55. The van der Waals surface area contributed by atoms with Gasteiger partial charge in [0.2, 0.25) is 0 Å². The zero-order chi connectivity index (χ0) is 27.4. The molecule has 39 heavy (non-hydrogen) atoms. The van der Waals surface area contributed by atoms with Crippen molar-refractivity contribution in [1.82, 2.24) is 4.98 Å². The number of benzene rings is 2. The summed E-state index contributed by atoms with van der Waals surface area (Å²) < 4.78 is 0. The molecule has 2 aromatic carbocycles. The number of fused-ring (bicyclic) bond motifs is 3. The van der Waals surface area contributed by atoms with Crippen LogP contribution in [0.5, 0.6) is 0 Å². The van der Waals surface area contributed by atoms with E-state index in [4.69, 9.17) is 4.98 Å². The fraction of sp³-hybridized carbons (Fsp3) is 0.486. The van der Waals surface area contributed by atoms with Crippen LogP contribution in [0.25, 0.3) is 22.0 Å². The Morgan fingerprint density at radius 3 is 2.26 bits per heavy atom. The number of allylic oxidation sites excluding steroid dienone is 2. The monoisotopic (exact) mass is 703 g/mol. The Kier molecular flexibility index (Phi) is 10.7. The van der Waals surface area contributed by atoms with Gasteiger partial charge in [0.25, 0.3) is 0 Å². The molecule has 0 amide bonds. The van der Waals surface area contributed by atoms with Crippen molar-refractivity contribution in [1.29, 1.82) is 0 Å². The predicted molar refractivity (Wildman–Crippen MR) is 158 cm³/mol. The van der Waals surface area contributed by atoms with Crippen molar-refractivity contribution in [2.75, 3.05) is 0 Å². The Labute approximate surface area is 248 Å². The van der Waals surface area contributed by atoms with E-state index in [2.05, 4.69) is 62.5 Å². The van der Waals surface area contributed by atoms with Crippen LogP contribution < -0.4 is 0 Å². The van der Waals surface area contributed by atoms with Crippen molar-refractivity contribution in [3.05, 3.63) is 77.2 Å². The van der Waals surface area contributed by atoms with Gasteiger partial charge in [-0.1, -0.05) is 65.8 Å². The van der Waals surface area contributed by atoms with Crippen molar-refractivity contribution in [3.8, 4) is 11.3 Å². The Morgan fingerprint density at radius 1 is 1.05 bits per heavy atom. The number of aromatic nitrogens is 1. The molecule has 2 fully saturated rings. The standard InChI is InChI=1S/C24H24N.C11H20O2.Ir/c1-16-11-17(2)13-19(12-16)23-21-6-4-3-5-20(21)22(15-25-23)24-9-7-18(14-24)8-10-24;1-8(2)5-10(12)7-11(13)6-9(3)4;/h3-6,11-12,15,18H,7-10,14H2,1-2H3;7-9,12H,5-6H2,1-4H3;/q-1;;/b;10-7-;. The molecule has 3 nitrogen and oxygen atoms in total. The summed E-state index contributed by atoms with van der Waals surface area (Å²) in [5.74, 6) is 1.93. The minimum atomic E-state index is 0. The molecule has 0 spiro atoms. The number of aliphatic hydroxyl groups is 1. The molecule has 211 valence electrons. The minimum Gasteiger partial charge on any atom is -0.512 e. The van der Waals surface area contributed by atoms with E-state index < -0.39 is 0 Å². The van der Waals surface area contributed by atoms with Crippen LogP contribution in [0.1, 0.15) is 89.3 Å². The number of aliphatic hydroxyl groups excluding tert-OH is 1. The number of nitrogens with zero attached hydrogens (tertiary/aromatic N) is 1. The van der Waals surface area contributed by atoms with Gasteiger partial charge in [-0.05, 0) is 77.3 Å². The van der Waals surface area contributed by atoms with E-state index in [9.17, 15) is 9.90 Å². The van der Waals surface area contributed by atoms with Crippen LogP contribution in [0.3, 0.4) is 0 Å². The fourth-order valence-electron chi connectivity index (χ4n) is 6.55. The third-order valence-corrected chi connectivity index (χ3v) is 8.07. The number of carbonyl (C=O) groups is 1. The van der Waals surface area contributed by atoms with Crippen molar-refractivity contribution in [3.63, 3.8) is 0 Å². The number of ketones is 1. The van der Waals surface area contributed by atoms with Crippen LogP contribution in [-0.2, 0) is 30.3 Å². The molecule has 1 N–H and O–H groups in total. The van der Waals surface area contributed by atoms with Crippen LogP contribution in [0, 0.1) is 37.7 Å². The molecule has 2 aliphatic rings. The molecule has 4 heteroatoms. The first kappa shape index (κ1) is 31.2. The Hall–Kier alpha value is -2.29. The Balaban J connectivity index is 0.000000260. The van der Waals surface area contributed by atoms with E-state index in [1.165, 1.54) is 65.6 Å². The molecule has 2 saturated carbocycles. The first-order valence-corrected chi connectivity index (χ1v) is 14.4. The summed E-state index contributed by atoms with van der Waals surface area (Å²) >= 11 is 0. The molecule has 1 radical (unpaired) electrons. The van der Waals surface area contributed by atoms with Crippen molar-refractivity contribution < 1.29 is 30.0 Å². The summed E-state index contributed by atoms with van der Waals surface area (Å²) in [4.78, 5) is 16.2. The smallest absolute Gasteiger partial charge is 0.159 e. The normalized spacial score (nSPS) is 20.2. The van der Waals surface area contributed by atoms with Gasteiger partial charge in [0.05, 0.1) is 5.76 Å². The second kappa shape index (κ2) is 13.4. The number of hydrogen-bond acceptors (Lipinski definition) is 3. The van der Waals surface area contributed by atoms with Crippen molar-refractivity contribution in [2.24, 2.45) is 17.8 Å². The Bertz CT molecular complexity index is 1300. The molecule has 0 atom stereocenters. The molecular formula is C35H44IrNO2-. The summed E-state index contributed by atoms with van der Waals surface area (Å²) in [5.41, 5.74) is 6.54. The van der Waals surface area contributed by atoms with Crippen LogP contribution in [0.4, 0.5) is 0 Å². The van der Waals surface area contributed by atoms with Gasteiger partial charge in [0, 0.05) is 45.2 Å². The first-order valence-electron chi connectivity index (χ1n) is 14.4. The van der Waals surface area contributed by atoms with Gasteiger partial charge in [0.1, 0.15) is 0 Å². The zero-order valence-electron chi connectivity index (χ0n) is 24.4. The summed E-state index contributed by atoms with van der Waals surface area (Å²) in [6.45, 7) is 12.3. The SMILES string of the molecule is CC(C)CC(=O)/C=C(\O)CC(C)C.Cc1[c-]c(-c2ncc(C34CCC(CC3)C4)c3ccccc23)cc(C)c1.[Ir]. The number of hydrogen-bond donors (Lipinski definition) is 1. The molecule has 1 aromatic heterocycles. The zero-order valence-corrected chi connectivity index (χ0v) is 26.8. The van der Waals surface area contributed by atoms with E-state index in [0.29, 0.717) is 30.1 Å². The molecule has 0 aliphatic heterocycles. The van der Waals surface area contributed by atoms with E-state index in [1.807, 2.05) is 27.7 Å². The minimum absolute atomic E-state index is 0. The van der Waals surface area contributed by atoms with Crippen LogP contribution in [-0.4, -0.2) is 15.9 Å². The molecule has 2 aliphatic carbocycles. The van der Waals surface area contributed by atoms with Gasteiger partial charge >= 0.3 is 0 Å². The second-order valence-electron chi connectivity index (χ2n) is 12.5. The average molecular weight is 703 g/mol. The molecular weight excluding hydrogens is 659 g/mol. The summed E-state index contributed by atoms with van der Waals surface area (Å²) in [5, 5.41) is 12.0. The number of carbonyl (C=O) groups excluding carboxylic acids is 1. The third-order valence-electron chi connectivity index (χ3n) is 8.07. The molecule has 0 unspecified atom stereocenters. The summed E-state index contributed by atoms with van der Waals surface area (Å²) in [7, 11) is 0. The van der Waals surface area contributed by atoms with E-state index in [1.54, 1.807) is 0 Å². The molecule has 0 saturated heterocycles. The van der Waals surface area contributed by atoms with Gasteiger partial charge in [-0.25, -0.2) is 0 Å². The first-order chi connectivity index (χ1) is 18.1. The largest absolute Gasteiger partial charge is 0.512 e. The average Bonchev–Trinajstić information content (AvgIpc) is 3.44. The van der Waals surface area contributed by atoms with Gasteiger partial charge < -0.3 is 10.1 Å². The van der Waals surface area contributed by atoms with Crippen molar-refractivity contribution >= 4 is 16.6 Å². The Morgan fingerprint density at radius 2 is 1.69 bits per heavy atom. The van der Waals surface area contributed by atoms with Gasteiger partial charge in [-0.3, -0.25) is 4.79 Å². The maximum Gasteiger partial charge on any atom is 0.159 e. The molecule has 5 rings (SSSR count). The van der Waals surface area contributed by atoms with E-state index in [0.717, 1.165) is 17.2 Å². The topological polar surface area (TPSA) is 50.2 Å². The molecule has 3 aromatic rings. The second-order valence-corrected chi connectivity index (χ2v) is 12.5. The summed E-state index contributed by atoms with van der Waals surface area (Å²) in [6.07, 6.45) is 11.5. The van der Waals surface area contributed by atoms with Gasteiger partial charge in [-0.15, -0.1) is 34.9 Å². The third kappa shape index (κ3) is 7.68. The van der Waals surface area contributed by atoms with E-state index in [-0.39, 0.29) is 31.6 Å². The summed E-state index contributed by atoms with van der Waals surface area (Å²) in [6, 6.07) is 16.8. The van der Waals surface area contributed by atoms with Gasteiger partial charge in [-0.2, -0.15) is 0 Å². The predicted octanol–water partition coefficient (Wildman–Crippen LogP) is 9.24. The van der Waals surface area contributed by atoms with Crippen molar-refractivity contribution in [2.45, 2.75) is 91.9 Å². The van der Waals surface area contributed by atoms with Gasteiger partial charge in [0.15, 0.2) is 5.78 Å². The van der Waals surface area contributed by atoms with E-state index >= 15 is 0 Å². The molecule has 1 heterocycles. The maximum absolute atomic E-state index is 11.2. The van der Waals surface area contributed by atoms with Crippen LogP contribution in [0.2, 0.25) is 0 Å². The number of aryl methyl sites for hydroxylation is 2. The maximum atomic E-state index is 11.2. The van der Waals surface area contributed by atoms with Crippen LogP contribution >= 0.6 is 0 Å². The number of rotatable bonds is 7. The quantitative estimate of drug-likeness (QED) is 0.152.